The molecule has 5 nitrogen and oxygen atoms in total. The van der Waals surface area contributed by atoms with Crippen molar-refractivity contribution in [3.63, 3.8) is 0 Å². The van der Waals surface area contributed by atoms with Gasteiger partial charge in [0.25, 0.3) is 0 Å². The molecule has 2 rings (SSSR count). The topological polar surface area (TPSA) is 56.6 Å². The molecule has 136 valence electrons. The van der Waals surface area contributed by atoms with Crippen LogP contribution in [0.3, 0.4) is 0 Å². The summed E-state index contributed by atoms with van der Waals surface area (Å²) in [6.07, 6.45) is 0.760. The molecule has 25 heavy (non-hydrogen) atoms. The van der Waals surface area contributed by atoms with Gasteiger partial charge in [-0.25, -0.2) is 4.39 Å². The molecule has 1 amide bonds. The Morgan fingerprint density at radius 2 is 2.00 bits per heavy atom. The number of halogens is 1. The predicted molar refractivity (Wildman–Crippen MR) is 95.8 cm³/mol. The lowest BCUT2D eigenvalue weighted by atomic mass is 10.3. The Morgan fingerprint density at radius 1 is 1.28 bits per heavy atom. The summed E-state index contributed by atoms with van der Waals surface area (Å²) in [4.78, 5) is 17.5. The second-order valence-electron chi connectivity index (χ2n) is 5.80. The second-order valence-corrected chi connectivity index (χ2v) is 6.96. The van der Waals surface area contributed by atoms with Crippen LogP contribution in [0.4, 0.5) is 4.39 Å². The van der Waals surface area contributed by atoms with Gasteiger partial charge in [-0.05, 0) is 24.3 Å². The highest BCUT2D eigenvalue weighted by Gasteiger charge is 2.16. The van der Waals surface area contributed by atoms with Gasteiger partial charge in [0.05, 0.1) is 25.7 Å². The van der Waals surface area contributed by atoms with E-state index < -0.39 is 0 Å². The largest absolute Gasteiger partial charge is 0.379 e. The van der Waals surface area contributed by atoms with Crippen molar-refractivity contribution in [1.29, 1.82) is 5.26 Å². The van der Waals surface area contributed by atoms with Crippen molar-refractivity contribution >= 4 is 17.7 Å². The predicted octanol–water partition coefficient (Wildman–Crippen LogP) is 2.38. The van der Waals surface area contributed by atoms with Crippen molar-refractivity contribution in [2.45, 2.75) is 17.7 Å². The molecule has 0 aromatic heterocycles. The van der Waals surface area contributed by atoms with Gasteiger partial charge in [0.1, 0.15) is 5.82 Å². The maximum atomic E-state index is 12.9. The Labute approximate surface area is 152 Å². The SMILES string of the molecule is N#CCCN(CCN1CCOCC1)C(=O)CCSc1ccc(F)cc1. The van der Waals surface area contributed by atoms with Gasteiger partial charge in [0, 0.05) is 49.8 Å². The monoisotopic (exact) mass is 365 g/mol. The Kier molecular flexibility index (Phi) is 8.73. The van der Waals surface area contributed by atoms with E-state index in [1.807, 2.05) is 0 Å². The molecule has 1 aromatic carbocycles. The molecule has 0 spiro atoms. The van der Waals surface area contributed by atoms with Crippen LogP contribution in [-0.2, 0) is 9.53 Å². The molecule has 1 saturated heterocycles. The molecule has 1 aromatic rings. The van der Waals surface area contributed by atoms with Crippen LogP contribution in [0.2, 0.25) is 0 Å². The first-order valence-electron chi connectivity index (χ1n) is 8.52. The standard InChI is InChI=1S/C18H24FN3O2S/c19-16-2-4-17(5-3-16)25-15-6-18(23)22(8-1-7-20)10-9-21-11-13-24-14-12-21/h2-5H,1,6,8-15H2. The summed E-state index contributed by atoms with van der Waals surface area (Å²) in [5.41, 5.74) is 0. The molecule has 0 radical (unpaired) electrons. The zero-order valence-electron chi connectivity index (χ0n) is 14.3. The van der Waals surface area contributed by atoms with Gasteiger partial charge in [0.15, 0.2) is 0 Å². The van der Waals surface area contributed by atoms with E-state index in [0.717, 1.165) is 37.7 Å². The third-order valence-corrected chi connectivity index (χ3v) is 5.05. The quantitative estimate of drug-likeness (QED) is 0.629. The van der Waals surface area contributed by atoms with Gasteiger partial charge in [-0.1, -0.05) is 0 Å². The Morgan fingerprint density at radius 3 is 2.68 bits per heavy atom. The first kappa shape index (κ1) is 19.7. The number of carbonyl (C=O) groups excluding carboxylic acids is 1. The number of nitrogens with zero attached hydrogens (tertiary/aromatic N) is 3. The molecular formula is C18H24FN3O2S. The molecule has 0 bridgehead atoms. The lowest BCUT2D eigenvalue weighted by Crippen LogP contribution is -2.43. The van der Waals surface area contributed by atoms with E-state index in [4.69, 9.17) is 10.00 Å². The fraction of sp³-hybridized carbons (Fsp3) is 0.556. The number of hydrogen-bond donors (Lipinski definition) is 0. The molecule has 1 heterocycles. The fourth-order valence-electron chi connectivity index (χ4n) is 2.58. The molecule has 0 atom stereocenters. The average molecular weight is 365 g/mol. The van der Waals surface area contributed by atoms with Crippen molar-refractivity contribution in [2.24, 2.45) is 0 Å². The van der Waals surface area contributed by atoms with E-state index in [-0.39, 0.29) is 11.7 Å². The summed E-state index contributed by atoms with van der Waals surface area (Å²) >= 11 is 1.54. The zero-order chi connectivity index (χ0) is 17.9. The van der Waals surface area contributed by atoms with E-state index in [1.165, 1.54) is 23.9 Å². The first-order valence-corrected chi connectivity index (χ1v) is 9.51. The smallest absolute Gasteiger partial charge is 0.223 e. The number of carbonyl (C=O) groups is 1. The molecule has 1 aliphatic rings. The highest BCUT2D eigenvalue weighted by Crippen LogP contribution is 2.19. The van der Waals surface area contributed by atoms with Crippen LogP contribution in [0.5, 0.6) is 0 Å². The summed E-state index contributed by atoms with van der Waals surface area (Å²) < 4.78 is 18.2. The first-order chi connectivity index (χ1) is 12.2. The number of benzene rings is 1. The van der Waals surface area contributed by atoms with Crippen LogP contribution in [0.15, 0.2) is 29.2 Å². The number of amides is 1. The van der Waals surface area contributed by atoms with Crippen LogP contribution < -0.4 is 0 Å². The van der Waals surface area contributed by atoms with Crippen molar-refractivity contribution < 1.29 is 13.9 Å². The molecule has 0 N–H and O–H groups in total. The van der Waals surface area contributed by atoms with Gasteiger partial charge >= 0.3 is 0 Å². The van der Waals surface area contributed by atoms with E-state index in [0.29, 0.717) is 31.7 Å². The van der Waals surface area contributed by atoms with E-state index in [1.54, 1.807) is 17.0 Å². The van der Waals surface area contributed by atoms with Crippen LogP contribution in [0, 0.1) is 17.1 Å². The van der Waals surface area contributed by atoms with Crippen LogP contribution in [-0.4, -0.2) is 67.4 Å². The van der Waals surface area contributed by atoms with Gasteiger partial charge in [-0.2, -0.15) is 5.26 Å². The zero-order valence-corrected chi connectivity index (χ0v) is 15.1. The summed E-state index contributed by atoms with van der Waals surface area (Å²) in [6, 6.07) is 8.39. The van der Waals surface area contributed by atoms with Gasteiger partial charge in [0.2, 0.25) is 5.91 Å². The van der Waals surface area contributed by atoms with Crippen molar-refractivity contribution in [3.8, 4) is 6.07 Å². The minimum Gasteiger partial charge on any atom is -0.379 e. The van der Waals surface area contributed by atoms with Gasteiger partial charge in [-0.15, -0.1) is 11.8 Å². The van der Waals surface area contributed by atoms with Crippen LogP contribution in [0.25, 0.3) is 0 Å². The number of rotatable bonds is 9. The van der Waals surface area contributed by atoms with E-state index in [2.05, 4.69) is 11.0 Å². The summed E-state index contributed by atoms with van der Waals surface area (Å²) in [6.45, 7) is 5.18. The molecule has 1 aliphatic heterocycles. The fourth-order valence-corrected chi connectivity index (χ4v) is 3.42. The summed E-state index contributed by atoms with van der Waals surface area (Å²) in [5, 5.41) is 8.81. The Hall–Kier alpha value is -1.62. The van der Waals surface area contributed by atoms with Crippen LogP contribution in [0.1, 0.15) is 12.8 Å². The number of nitriles is 1. The van der Waals surface area contributed by atoms with Crippen molar-refractivity contribution in [3.05, 3.63) is 30.1 Å². The van der Waals surface area contributed by atoms with Gasteiger partial charge < -0.3 is 9.64 Å². The average Bonchev–Trinajstić information content (AvgIpc) is 2.64. The van der Waals surface area contributed by atoms with Crippen molar-refractivity contribution in [2.75, 3.05) is 51.7 Å². The lowest BCUT2D eigenvalue weighted by molar-refractivity contribution is -0.131. The summed E-state index contributed by atoms with van der Waals surface area (Å²) in [5.74, 6) is 0.453. The molecule has 0 saturated carbocycles. The van der Waals surface area contributed by atoms with Crippen LogP contribution >= 0.6 is 11.8 Å². The maximum absolute atomic E-state index is 12.9. The Balaban J connectivity index is 1.75. The molecular weight excluding hydrogens is 341 g/mol. The van der Waals surface area contributed by atoms with E-state index >= 15 is 0 Å². The van der Waals surface area contributed by atoms with Gasteiger partial charge in [-0.3, -0.25) is 9.69 Å². The lowest BCUT2D eigenvalue weighted by Gasteiger charge is -2.30. The minimum absolute atomic E-state index is 0.0677. The van der Waals surface area contributed by atoms with Crippen molar-refractivity contribution in [1.82, 2.24) is 9.80 Å². The third kappa shape index (κ3) is 7.43. The highest BCUT2D eigenvalue weighted by molar-refractivity contribution is 7.99. The maximum Gasteiger partial charge on any atom is 0.223 e. The highest BCUT2D eigenvalue weighted by atomic mass is 32.2. The minimum atomic E-state index is -0.258. The normalized spacial score (nSPS) is 14.9. The second kappa shape index (κ2) is 11.1. The van der Waals surface area contributed by atoms with E-state index in [9.17, 15) is 9.18 Å². The number of thioether (sulfide) groups is 1. The molecule has 1 fully saturated rings. The molecule has 7 heteroatoms. The molecule has 0 aliphatic carbocycles. The number of ether oxygens (including phenoxy) is 1. The summed E-state index contributed by atoms with van der Waals surface area (Å²) in [7, 11) is 0. The molecule has 0 unspecified atom stereocenters. The Bertz CT molecular complexity index is 571. The number of hydrogen-bond acceptors (Lipinski definition) is 5. The third-order valence-electron chi connectivity index (χ3n) is 4.03. The number of morpholine rings is 1.